The summed E-state index contributed by atoms with van der Waals surface area (Å²) in [5.41, 5.74) is 0. The molecule has 0 fully saturated rings. The van der Waals surface area contributed by atoms with Crippen molar-refractivity contribution in [1.29, 1.82) is 0 Å². The molecule has 1 aromatic carbocycles. The lowest BCUT2D eigenvalue weighted by Crippen LogP contribution is -2.03. The fourth-order valence-corrected chi connectivity index (χ4v) is 2.02. The summed E-state index contributed by atoms with van der Waals surface area (Å²) in [6.07, 6.45) is 7.00. The van der Waals surface area contributed by atoms with Gasteiger partial charge >= 0.3 is 0 Å². The second-order valence-corrected chi connectivity index (χ2v) is 4.37. The maximum Gasteiger partial charge on any atom is 0.133 e. The second-order valence-electron chi connectivity index (χ2n) is 4.37. The smallest absolute Gasteiger partial charge is 0.133 e. The molecule has 0 aliphatic rings. The van der Waals surface area contributed by atoms with Gasteiger partial charge in [-0.25, -0.2) is 4.98 Å². The Morgan fingerprint density at radius 1 is 1.06 bits per heavy atom. The summed E-state index contributed by atoms with van der Waals surface area (Å²) >= 11 is 0. The van der Waals surface area contributed by atoms with Crippen molar-refractivity contribution in [1.82, 2.24) is 4.98 Å². The summed E-state index contributed by atoms with van der Waals surface area (Å²) in [5, 5.41) is 5.90. The molecule has 2 heteroatoms. The van der Waals surface area contributed by atoms with Crippen LogP contribution in [0.5, 0.6) is 0 Å². The Hall–Kier alpha value is -1.57. The molecule has 1 heterocycles. The monoisotopic (exact) mass is 228 g/mol. The zero-order chi connectivity index (χ0) is 11.9. The zero-order valence-corrected chi connectivity index (χ0v) is 10.4. The molecule has 2 rings (SSSR count). The first-order chi connectivity index (χ1) is 8.42. The van der Waals surface area contributed by atoms with Crippen LogP contribution in [0, 0.1) is 0 Å². The highest BCUT2D eigenvalue weighted by atomic mass is 15.0. The van der Waals surface area contributed by atoms with E-state index in [1.165, 1.54) is 36.5 Å². The molecule has 0 unspecified atom stereocenters. The van der Waals surface area contributed by atoms with Gasteiger partial charge in [0, 0.05) is 18.1 Å². The fraction of sp³-hybridized carbons (Fsp3) is 0.400. The number of nitrogens with zero attached hydrogens (tertiary/aromatic N) is 1. The zero-order valence-electron chi connectivity index (χ0n) is 10.4. The van der Waals surface area contributed by atoms with E-state index in [9.17, 15) is 0 Å². The molecule has 0 amide bonds. The minimum atomic E-state index is 1.01. The lowest BCUT2D eigenvalue weighted by Gasteiger charge is -2.08. The number of rotatable bonds is 6. The summed E-state index contributed by atoms with van der Waals surface area (Å²) in [6.45, 7) is 3.25. The molecular weight excluding hydrogens is 208 g/mol. The van der Waals surface area contributed by atoms with E-state index in [1.807, 2.05) is 6.20 Å². The average molecular weight is 228 g/mol. The van der Waals surface area contributed by atoms with E-state index in [1.54, 1.807) is 0 Å². The maximum atomic E-state index is 4.41. The predicted molar refractivity (Wildman–Crippen MR) is 74.4 cm³/mol. The van der Waals surface area contributed by atoms with Gasteiger partial charge in [-0.1, -0.05) is 50.5 Å². The Morgan fingerprint density at radius 3 is 2.82 bits per heavy atom. The van der Waals surface area contributed by atoms with Crippen LogP contribution >= 0.6 is 0 Å². The van der Waals surface area contributed by atoms with Gasteiger partial charge in [0.05, 0.1) is 0 Å². The van der Waals surface area contributed by atoms with E-state index in [0.29, 0.717) is 0 Å². The van der Waals surface area contributed by atoms with Gasteiger partial charge in [0.25, 0.3) is 0 Å². The lowest BCUT2D eigenvalue weighted by atomic mass is 10.1. The van der Waals surface area contributed by atoms with E-state index in [2.05, 4.69) is 47.6 Å². The van der Waals surface area contributed by atoms with Crippen molar-refractivity contribution in [2.75, 3.05) is 11.9 Å². The SMILES string of the molecule is CCCCCCNc1nccc2ccccc12. The molecule has 90 valence electrons. The number of hydrogen-bond acceptors (Lipinski definition) is 2. The van der Waals surface area contributed by atoms with Crippen LogP contribution in [0.4, 0.5) is 5.82 Å². The van der Waals surface area contributed by atoms with Crippen LogP contribution in [0.25, 0.3) is 10.8 Å². The quantitative estimate of drug-likeness (QED) is 0.748. The predicted octanol–water partition coefficient (Wildman–Crippen LogP) is 4.23. The Kier molecular flexibility index (Phi) is 4.37. The molecule has 2 aromatic rings. The Balaban J connectivity index is 1.98. The molecular formula is C15H20N2. The van der Waals surface area contributed by atoms with E-state index in [-0.39, 0.29) is 0 Å². The molecule has 17 heavy (non-hydrogen) atoms. The number of anilines is 1. The topological polar surface area (TPSA) is 24.9 Å². The summed E-state index contributed by atoms with van der Waals surface area (Å²) in [5.74, 6) is 1.01. The molecule has 0 spiro atoms. The van der Waals surface area contributed by atoms with Gasteiger partial charge in [0.2, 0.25) is 0 Å². The molecule has 0 bridgehead atoms. The number of nitrogens with one attached hydrogen (secondary N) is 1. The standard InChI is InChI=1S/C15H20N2/c1-2-3-4-7-11-16-15-14-9-6-5-8-13(14)10-12-17-15/h5-6,8-10,12H,2-4,7,11H2,1H3,(H,16,17). The highest BCUT2D eigenvalue weighted by Gasteiger charge is 1.99. The van der Waals surface area contributed by atoms with Gasteiger partial charge in [-0.05, 0) is 17.9 Å². The van der Waals surface area contributed by atoms with E-state index in [0.717, 1.165) is 12.4 Å². The first kappa shape index (κ1) is 11.9. The van der Waals surface area contributed by atoms with Gasteiger partial charge in [0.1, 0.15) is 5.82 Å². The third kappa shape index (κ3) is 3.19. The third-order valence-electron chi connectivity index (χ3n) is 3.00. The van der Waals surface area contributed by atoms with E-state index in [4.69, 9.17) is 0 Å². The first-order valence-electron chi connectivity index (χ1n) is 6.49. The maximum absolute atomic E-state index is 4.41. The Bertz CT molecular complexity index is 460. The van der Waals surface area contributed by atoms with Crippen molar-refractivity contribution in [3.05, 3.63) is 36.5 Å². The van der Waals surface area contributed by atoms with Crippen LogP contribution in [-0.2, 0) is 0 Å². The molecule has 0 atom stereocenters. The van der Waals surface area contributed by atoms with E-state index < -0.39 is 0 Å². The van der Waals surface area contributed by atoms with Crippen LogP contribution in [0.3, 0.4) is 0 Å². The second kappa shape index (κ2) is 6.24. The van der Waals surface area contributed by atoms with Gasteiger partial charge in [-0.3, -0.25) is 0 Å². The Morgan fingerprint density at radius 2 is 1.94 bits per heavy atom. The lowest BCUT2D eigenvalue weighted by molar-refractivity contribution is 0.684. The van der Waals surface area contributed by atoms with Gasteiger partial charge < -0.3 is 5.32 Å². The molecule has 0 saturated heterocycles. The van der Waals surface area contributed by atoms with Crippen molar-refractivity contribution in [2.45, 2.75) is 32.6 Å². The van der Waals surface area contributed by atoms with Gasteiger partial charge in [-0.15, -0.1) is 0 Å². The van der Waals surface area contributed by atoms with Crippen LogP contribution in [0.15, 0.2) is 36.5 Å². The molecule has 2 nitrogen and oxygen atoms in total. The molecule has 0 aliphatic heterocycles. The number of benzene rings is 1. The molecule has 0 aliphatic carbocycles. The normalized spacial score (nSPS) is 10.6. The van der Waals surface area contributed by atoms with Crippen molar-refractivity contribution in [3.63, 3.8) is 0 Å². The molecule has 1 aromatic heterocycles. The van der Waals surface area contributed by atoms with Crippen LogP contribution in [-0.4, -0.2) is 11.5 Å². The average Bonchev–Trinajstić information content (AvgIpc) is 2.39. The summed E-state index contributed by atoms with van der Waals surface area (Å²) < 4.78 is 0. The molecule has 1 N–H and O–H groups in total. The minimum absolute atomic E-state index is 1.01. The fourth-order valence-electron chi connectivity index (χ4n) is 2.02. The highest BCUT2D eigenvalue weighted by molar-refractivity contribution is 5.91. The Labute approximate surface area is 103 Å². The van der Waals surface area contributed by atoms with Crippen LogP contribution in [0.2, 0.25) is 0 Å². The number of pyridine rings is 1. The van der Waals surface area contributed by atoms with Crippen molar-refractivity contribution in [2.24, 2.45) is 0 Å². The summed E-state index contributed by atoms with van der Waals surface area (Å²) in [6, 6.07) is 10.4. The number of unbranched alkanes of at least 4 members (excludes halogenated alkanes) is 3. The number of aromatic nitrogens is 1. The number of hydrogen-bond donors (Lipinski definition) is 1. The number of fused-ring (bicyclic) bond motifs is 1. The highest BCUT2D eigenvalue weighted by Crippen LogP contribution is 2.20. The van der Waals surface area contributed by atoms with Gasteiger partial charge in [-0.2, -0.15) is 0 Å². The largest absolute Gasteiger partial charge is 0.370 e. The summed E-state index contributed by atoms with van der Waals surface area (Å²) in [4.78, 5) is 4.41. The van der Waals surface area contributed by atoms with Crippen molar-refractivity contribution in [3.8, 4) is 0 Å². The van der Waals surface area contributed by atoms with Crippen molar-refractivity contribution >= 4 is 16.6 Å². The van der Waals surface area contributed by atoms with Crippen molar-refractivity contribution < 1.29 is 0 Å². The van der Waals surface area contributed by atoms with Crippen LogP contribution < -0.4 is 5.32 Å². The third-order valence-corrected chi connectivity index (χ3v) is 3.00. The first-order valence-corrected chi connectivity index (χ1v) is 6.49. The molecule has 0 saturated carbocycles. The van der Waals surface area contributed by atoms with Gasteiger partial charge in [0.15, 0.2) is 0 Å². The summed E-state index contributed by atoms with van der Waals surface area (Å²) in [7, 11) is 0. The minimum Gasteiger partial charge on any atom is -0.370 e. The van der Waals surface area contributed by atoms with Crippen LogP contribution in [0.1, 0.15) is 32.6 Å². The van der Waals surface area contributed by atoms with E-state index >= 15 is 0 Å². The molecule has 0 radical (unpaired) electrons.